The number of aromatic nitrogens is 1. The lowest BCUT2D eigenvalue weighted by Gasteiger charge is -2.28. The van der Waals surface area contributed by atoms with Crippen molar-refractivity contribution in [2.75, 3.05) is 43.6 Å². The number of benzene rings is 1. The Morgan fingerprint density at radius 2 is 2.08 bits per heavy atom. The van der Waals surface area contributed by atoms with E-state index in [9.17, 15) is 0 Å². The van der Waals surface area contributed by atoms with Crippen LogP contribution in [0, 0.1) is 0 Å². The Balaban J connectivity index is 1.47. The van der Waals surface area contributed by atoms with Gasteiger partial charge in [-0.25, -0.2) is 4.98 Å². The van der Waals surface area contributed by atoms with E-state index < -0.39 is 0 Å². The SMILES string of the molecule is COc1ccc2c(c1)C(Nc1ccc(N3CCOCC3)cn1)CC2. The molecule has 4 rings (SSSR count). The molecule has 24 heavy (non-hydrogen) atoms. The summed E-state index contributed by atoms with van der Waals surface area (Å²) in [5.41, 5.74) is 3.89. The van der Waals surface area contributed by atoms with E-state index in [0.29, 0.717) is 6.04 Å². The molecule has 2 heterocycles. The normalized spacial score (nSPS) is 19.9. The van der Waals surface area contributed by atoms with Gasteiger partial charge in [0.25, 0.3) is 0 Å². The van der Waals surface area contributed by atoms with Crippen molar-refractivity contribution in [2.24, 2.45) is 0 Å². The van der Waals surface area contributed by atoms with Gasteiger partial charge in [0.1, 0.15) is 11.6 Å². The Bertz CT molecular complexity index is 696. The summed E-state index contributed by atoms with van der Waals surface area (Å²) in [6.07, 6.45) is 4.15. The van der Waals surface area contributed by atoms with Crippen LogP contribution in [0.25, 0.3) is 0 Å². The van der Waals surface area contributed by atoms with Gasteiger partial charge in [-0.05, 0) is 48.2 Å². The van der Waals surface area contributed by atoms with Gasteiger partial charge in [0, 0.05) is 13.1 Å². The zero-order valence-corrected chi connectivity index (χ0v) is 14.0. The van der Waals surface area contributed by atoms with Gasteiger partial charge in [-0.3, -0.25) is 0 Å². The highest BCUT2D eigenvalue weighted by atomic mass is 16.5. The average Bonchev–Trinajstić information content (AvgIpc) is 3.05. The zero-order valence-electron chi connectivity index (χ0n) is 14.0. The van der Waals surface area contributed by atoms with Crippen LogP contribution in [0.4, 0.5) is 11.5 Å². The topological polar surface area (TPSA) is 46.6 Å². The molecule has 0 bridgehead atoms. The van der Waals surface area contributed by atoms with Crippen molar-refractivity contribution in [3.05, 3.63) is 47.7 Å². The monoisotopic (exact) mass is 325 g/mol. The number of rotatable bonds is 4. The Kier molecular flexibility index (Phi) is 4.26. The van der Waals surface area contributed by atoms with Crippen LogP contribution in [0.1, 0.15) is 23.6 Å². The number of hydrogen-bond acceptors (Lipinski definition) is 5. The molecule has 1 saturated heterocycles. The van der Waals surface area contributed by atoms with E-state index in [2.05, 4.69) is 39.5 Å². The first-order valence-corrected chi connectivity index (χ1v) is 8.55. The number of pyridine rings is 1. The summed E-state index contributed by atoms with van der Waals surface area (Å²) in [7, 11) is 1.71. The lowest BCUT2D eigenvalue weighted by Crippen LogP contribution is -2.36. The molecule has 2 aliphatic rings. The van der Waals surface area contributed by atoms with Crippen molar-refractivity contribution in [2.45, 2.75) is 18.9 Å². The molecule has 5 nitrogen and oxygen atoms in total. The molecule has 0 spiro atoms. The lowest BCUT2D eigenvalue weighted by atomic mass is 10.1. The third-order valence-corrected chi connectivity index (χ3v) is 4.88. The molecule has 126 valence electrons. The van der Waals surface area contributed by atoms with E-state index in [-0.39, 0.29) is 0 Å². The maximum Gasteiger partial charge on any atom is 0.126 e. The molecule has 1 aromatic carbocycles. The summed E-state index contributed by atoms with van der Waals surface area (Å²) in [6.45, 7) is 3.45. The van der Waals surface area contributed by atoms with Crippen LogP contribution in [0.2, 0.25) is 0 Å². The van der Waals surface area contributed by atoms with Crippen molar-refractivity contribution in [3.63, 3.8) is 0 Å². The quantitative estimate of drug-likeness (QED) is 0.936. The molecule has 1 aliphatic carbocycles. The summed E-state index contributed by atoms with van der Waals surface area (Å²) in [6, 6.07) is 10.9. The van der Waals surface area contributed by atoms with Crippen LogP contribution in [0.15, 0.2) is 36.5 Å². The molecule has 0 radical (unpaired) electrons. The number of aryl methyl sites for hydroxylation is 1. The van der Waals surface area contributed by atoms with Crippen molar-refractivity contribution in [1.82, 2.24) is 4.98 Å². The second-order valence-corrected chi connectivity index (χ2v) is 6.30. The molecule has 1 aliphatic heterocycles. The lowest BCUT2D eigenvalue weighted by molar-refractivity contribution is 0.122. The first-order chi connectivity index (χ1) is 11.8. The zero-order chi connectivity index (χ0) is 16.4. The molecule has 1 atom stereocenters. The third-order valence-electron chi connectivity index (χ3n) is 4.88. The summed E-state index contributed by atoms with van der Waals surface area (Å²) in [4.78, 5) is 6.92. The Morgan fingerprint density at radius 1 is 1.21 bits per heavy atom. The number of nitrogens with zero attached hydrogens (tertiary/aromatic N) is 2. The minimum atomic E-state index is 0.303. The van der Waals surface area contributed by atoms with Gasteiger partial charge in [0.05, 0.1) is 38.2 Å². The van der Waals surface area contributed by atoms with Crippen LogP contribution in [-0.2, 0) is 11.2 Å². The Labute approximate surface area is 142 Å². The molecule has 1 unspecified atom stereocenters. The van der Waals surface area contributed by atoms with Crippen LogP contribution >= 0.6 is 0 Å². The van der Waals surface area contributed by atoms with Gasteiger partial charge in [0.2, 0.25) is 0 Å². The summed E-state index contributed by atoms with van der Waals surface area (Å²) in [5.74, 6) is 1.84. The highest BCUT2D eigenvalue weighted by molar-refractivity contribution is 5.52. The average molecular weight is 325 g/mol. The summed E-state index contributed by atoms with van der Waals surface area (Å²) < 4.78 is 10.8. The van der Waals surface area contributed by atoms with Crippen molar-refractivity contribution < 1.29 is 9.47 Å². The fourth-order valence-electron chi connectivity index (χ4n) is 3.52. The number of anilines is 2. The van der Waals surface area contributed by atoms with Gasteiger partial charge < -0.3 is 19.7 Å². The molecule has 0 amide bonds. The van der Waals surface area contributed by atoms with Crippen LogP contribution in [-0.4, -0.2) is 38.4 Å². The minimum Gasteiger partial charge on any atom is -0.497 e. The van der Waals surface area contributed by atoms with Crippen molar-refractivity contribution in [3.8, 4) is 5.75 Å². The predicted octanol–water partition coefficient (Wildman–Crippen LogP) is 3.03. The maximum atomic E-state index is 5.40. The van der Waals surface area contributed by atoms with E-state index in [1.165, 1.54) is 11.1 Å². The van der Waals surface area contributed by atoms with Gasteiger partial charge in [0.15, 0.2) is 0 Å². The highest BCUT2D eigenvalue weighted by Gasteiger charge is 2.23. The fraction of sp³-hybridized carbons (Fsp3) is 0.421. The van der Waals surface area contributed by atoms with Crippen LogP contribution in [0.5, 0.6) is 5.75 Å². The number of hydrogen-bond donors (Lipinski definition) is 1. The second-order valence-electron chi connectivity index (χ2n) is 6.30. The number of fused-ring (bicyclic) bond motifs is 1. The molecule has 2 aromatic rings. The first kappa shape index (κ1) is 15.3. The summed E-state index contributed by atoms with van der Waals surface area (Å²) in [5, 5.41) is 3.57. The first-order valence-electron chi connectivity index (χ1n) is 8.55. The van der Waals surface area contributed by atoms with Gasteiger partial charge in [-0.2, -0.15) is 0 Å². The van der Waals surface area contributed by atoms with E-state index in [1.807, 2.05) is 12.3 Å². The van der Waals surface area contributed by atoms with Gasteiger partial charge >= 0.3 is 0 Å². The number of methoxy groups -OCH3 is 1. The van der Waals surface area contributed by atoms with Crippen molar-refractivity contribution in [1.29, 1.82) is 0 Å². The van der Waals surface area contributed by atoms with E-state index >= 15 is 0 Å². The predicted molar refractivity (Wildman–Crippen MR) is 94.9 cm³/mol. The standard InChI is InChI=1S/C19H23N3O2/c1-23-16-5-2-14-3-6-18(17(14)12-16)21-19-7-4-15(13-20-19)22-8-10-24-11-9-22/h2,4-5,7,12-13,18H,3,6,8-11H2,1H3,(H,20,21). The number of ether oxygens (including phenoxy) is 2. The molecule has 1 N–H and O–H groups in total. The summed E-state index contributed by atoms with van der Waals surface area (Å²) >= 11 is 0. The largest absolute Gasteiger partial charge is 0.497 e. The van der Waals surface area contributed by atoms with Crippen molar-refractivity contribution >= 4 is 11.5 Å². The molecule has 1 aromatic heterocycles. The van der Waals surface area contributed by atoms with Gasteiger partial charge in [-0.1, -0.05) is 6.07 Å². The molecular weight excluding hydrogens is 302 g/mol. The Hall–Kier alpha value is -2.27. The molecule has 1 fully saturated rings. The maximum absolute atomic E-state index is 5.40. The van der Waals surface area contributed by atoms with Crippen LogP contribution in [0.3, 0.4) is 0 Å². The van der Waals surface area contributed by atoms with Crippen LogP contribution < -0.4 is 15.0 Å². The third kappa shape index (κ3) is 3.04. The molecule has 5 heteroatoms. The molecular formula is C19H23N3O2. The minimum absolute atomic E-state index is 0.303. The number of morpholine rings is 1. The smallest absolute Gasteiger partial charge is 0.126 e. The van der Waals surface area contributed by atoms with E-state index in [1.54, 1.807) is 7.11 Å². The van der Waals surface area contributed by atoms with E-state index in [0.717, 1.165) is 56.4 Å². The fourth-order valence-corrected chi connectivity index (χ4v) is 3.52. The molecule has 0 saturated carbocycles. The highest BCUT2D eigenvalue weighted by Crippen LogP contribution is 2.35. The van der Waals surface area contributed by atoms with Gasteiger partial charge in [-0.15, -0.1) is 0 Å². The Morgan fingerprint density at radius 3 is 2.83 bits per heavy atom. The second kappa shape index (κ2) is 6.69. The number of nitrogens with one attached hydrogen (secondary N) is 1. The van der Waals surface area contributed by atoms with E-state index in [4.69, 9.17) is 9.47 Å².